The van der Waals surface area contributed by atoms with Crippen LogP contribution in [0.3, 0.4) is 0 Å². The molecule has 0 aromatic carbocycles. The van der Waals surface area contributed by atoms with E-state index >= 15 is 0 Å². The molecule has 3 nitrogen and oxygen atoms in total. The molecule has 13 heavy (non-hydrogen) atoms. The van der Waals surface area contributed by atoms with Gasteiger partial charge in [-0.25, -0.2) is 0 Å². The Kier molecular flexibility index (Phi) is 2.34. The third kappa shape index (κ3) is 2.21. The van der Waals surface area contributed by atoms with Gasteiger partial charge in [0.25, 0.3) is 0 Å². The van der Waals surface area contributed by atoms with E-state index in [4.69, 9.17) is 10.1 Å². The molecule has 1 atom stereocenters. The molecule has 0 N–H and O–H groups in total. The standard InChI is InChI=1S/C10H16N2O/c1-9(2,3)8-7-10(4,5-6-11)13-12-8/h5,7H2,1-4H3. The molecule has 3 heteroatoms. The molecule has 1 aliphatic heterocycles. The van der Waals surface area contributed by atoms with Crippen molar-refractivity contribution in [1.82, 2.24) is 0 Å². The van der Waals surface area contributed by atoms with E-state index in [0.29, 0.717) is 6.42 Å². The summed E-state index contributed by atoms with van der Waals surface area (Å²) in [6.07, 6.45) is 1.17. The topological polar surface area (TPSA) is 45.4 Å². The summed E-state index contributed by atoms with van der Waals surface area (Å²) < 4.78 is 0. The molecule has 0 fully saturated rings. The Morgan fingerprint density at radius 1 is 1.62 bits per heavy atom. The number of rotatable bonds is 1. The SMILES string of the molecule is CC1(CC#N)CC(C(C)(C)C)=NO1. The Morgan fingerprint density at radius 2 is 2.23 bits per heavy atom. The Labute approximate surface area is 79.4 Å². The van der Waals surface area contributed by atoms with E-state index in [1.54, 1.807) is 0 Å². The van der Waals surface area contributed by atoms with Crippen LogP contribution in [0.2, 0.25) is 0 Å². The van der Waals surface area contributed by atoms with Crippen LogP contribution in [-0.2, 0) is 4.84 Å². The molecule has 0 saturated carbocycles. The van der Waals surface area contributed by atoms with Gasteiger partial charge in [0.05, 0.1) is 18.2 Å². The highest BCUT2D eigenvalue weighted by atomic mass is 16.7. The highest BCUT2D eigenvalue weighted by molar-refractivity contribution is 5.90. The smallest absolute Gasteiger partial charge is 0.153 e. The zero-order chi connectivity index (χ0) is 10.1. The van der Waals surface area contributed by atoms with Crippen molar-refractivity contribution < 1.29 is 4.84 Å². The summed E-state index contributed by atoms with van der Waals surface area (Å²) in [6.45, 7) is 8.24. The predicted molar refractivity (Wildman–Crippen MR) is 51.2 cm³/mol. The van der Waals surface area contributed by atoms with Gasteiger partial charge in [0, 0.05) is 11.8 Å². The molecule has 1 unspecified atom stereocenters. The predicted octanol–water partition coefficient (Wildman–Crippen LogP) is 2.48. The summed E-state index contributed by atoms with van der Waals surface area (Å²) in [6, 6.07) is 2.12. The van der Waals surface area contributed by atoms with E-state index in [-0.39, 0.29) is 5.41 Å². The zero-order valence-corrected chi connectivity index (χ0v) is 8.72. The molecule has 1 aliphatic rings. The summed E-state index contributed by atoms with van der Waals surface area (Å²) >= 11 is 0. The van der Waals surface area contributed by atoms with Crippen LogP contribution in [0.5, 0.6) is 0 Å². The van der Waals surface area contributed by atoms with Crippen molar-refractivity contribution in [1.29, 1.82) is 5.26 Å². The van der Waals surface area contributed by atoms with E-state index in [1.807, 2.05) is 6.92 Å². The van der Waals surface area contributed by atoms with Gasteiger partial charge in [0.1, 0.15) is 0 Å². The summed E-state index contributed by atoms with van der Waals surface area (Å²) in [7, 11) is 0. The fraction of sp³-hybridized carbons (Fsp3) is 0.800. The molecule has 0 radical (unpaired) electrons. The average Bonchev–Trinajstić information content (AvgIpc) is 2.31. The first-order valence-electron chi connectivity index (χ1n) is 4.50. The van der Waals surface area contributed by atoms with E-state index in [1.165, 1.54) is 0 Å². The first kappa shape index (κ1) is 10.0. The molecule has 0 aromatic heterocycles. The fourth-order valence-corrected chi connectivity index (χ4v) is 1.25. The van der Waals surface area contributed by atoms with Gasteiger partial charge in [0.2, 0.25) is 0 Å². The van der Waals surface area contributed by atoms with E-state index in [9.17, 15) is 0 Å². The minimum absolute atomic E-state index is 0.0488. The van der Waals surface area contributed by atoms with Crippen LogP contribution < -0.4 is 0 Å². The molecule has 0 amide bonds. The lowest BCUT2D eigenvalue weighted by Crippen LogP contribution is -2.27. The maximum atomic E-state index is 8.60. The lowest BCUT2D eigenvalue weighted by atomic mass is 9.83. The normalized spacial score (nSPS) is 27.8. The van der Waals surface area contributed by atoms with Gasteiger partial charge in [-0.1, -0.05) is 25.9 Å². The molecule has 0 bridgehead atoms. The Morgan fingerprint density at radius 3 is 2.62 bits per heavy atom. The molecule has 1 heterocycles. The van der Waals surface area contributed by atoms with E-state index < -0.39 is 5.60 Å². The van der Waals surface area contributed by atoms with Crippen LogP contribution in [0.25, 0.3) is 0 Å². The second-order valence-electron chi connectivity index (χ2n) is 4.84. The van der Waals surface area contributed by atoms with Crippen molar-refractivity contribution in [2.75, 3.05) is 0 Å². The molecule has 0 spiro atoms. The Balaban J connectivity index is 2.67. The maximum Gasteiger partial charge on any atom is 0.153 e. The largest absolute Gasteiger partial charge is 0.388 e. The van der Waals surface area contributed by atoms with Gasteiger partial charge >= 0.3 is 0 Å². The van der Waals surface area contributed by atoms with Gasteiger partial charge in [-0.2, -0.15) is 5.26 Å². The van der Waals surface area contributed by atoms with Crippen LogP contribution in [0, 0.1) is 16.7 Å². The number of hydrogen-bond acceptors (Lipinski definition) is 3. The zero-order valence-electron chi connectivity index (χ0n) is 8.72. The monoisotopic (exact) mass is 180 g/mol. The third-order valence-electron chi connectivity index (χ3n) is 2.24. The number of hydrogen-bond donors (Lipinski definition) is 0. The number of nitrogens with zero attached hydrogens (tertiary/aromatic N) is 2. The lowest BCUT2D eigenvalue weighted by Gasteiger charge is -2.20. The molecule has 0 aliphatic carbocycles. The van der Waals surface area contributed by atoms with Crippen molar-refractivity contribution in [2.24, 2.45) is 10.6 Å². The summed E-state index contributed by atoms with van der Waals surface area (Å²) in [5.74, 6) is 0. The van der Waals surface area contributed by atoms with Gasteiger partial charge in [-0.3, -0.25) is 0 Å². The van der Waals surface area contributed by atoms with Crippen LogP contribution in [0.1, 0.15) is 40.5 Å². The fourth-order valence-electron chi connectivity index (χ4n) is 1.25. The summed E-state index contributed by atoms with van der Waals surface area (Å²) in [4.78, 5) is 5.29. The highest BCUT2D eigenvalue weighted by Gasteiger charge is 2.38. The van der Waals surface area contributed by atoms with E-state index in [2.05, 4.69) is 32.0 Å². The molecule has 0 saturated heterocycles. The Hall–Kier alpha value is -1.04. The van der Waals surface area contributed by atoms with Crippen molar-refractivity contribution >= 4 is 5.71 Å². The van der Waals surface area contributed by atoms with Crippen LogP contribution in [0.15, 0.2) is 5.16 Å². The van der Waals surface area contributed by atoms with Crippen molar-refractivity contribution in [2.45, 2.75) is 46.1 Å². The van der Waals surface area contributed by atoms with E-state index in [0.717, 1.165) is 12.1 Å². The van der Waals surface area contributed by atoms with Crippen LogP contribution in [-0.4, -0.2) is 11.3 Å². The number of nitriles is 1. The first-order chi connectivity index (χ1) is 5.87. The van der Waals surface area contributed by atoms with Gasteiger partial charge in [-0.05, 0) is 6.92 Å². The van der Waals surface area contributed by atoms with Crippen molar-refractivity contribution in [3.05, 3.63) is 0 Å². The second-order valence-corrected chi connectivity index (χ2v) is 4.84. The molecule has 72 valence electrons. The third-order valence-corrected chi connectivity index (χ3v) is 2.24. The average molecular weight is 180 g/mol. The Bertz CT molecular complexity index is 270. The van der Waals surface area contributed by atoms with Crippen LogP contribution in [0.4, 0.5) is 0 Å². The van der Waals surface area contributed by atoms with Gasteiger partial charge < -0.3 is 4.84 Å². The van der Waals surface area contributed by atoms with Crippen molar-refractivity contribution in [3.63, 3.8) is 0 Å². The maximum absolute atomic E-state index is 8.60. The second kappa shape index (κ2) is 3.02. The summed E-state index contributed by atoms with van der Waals surface area (Å²) in [5.41, 5.74) is 0.704. The molecular weight excluding hydrogens is 164 g/mol. The quantitative estimate of drug-likeness (QED) is 0.622. The minimum Gasteiger partial charge on any atom is -0.388 e. The van der Waals surface area contributed by atoms with Crippen LogP contribution >= 0.6 is 0 Å². The molecule has 1 rings (SSSR count). The summed E-state index contributed by atoms with van der Waals surface area (Å²) in [5, 5.41) is 12.6. The molecule has 0 aromatic rings. The highest BCUT2D eigenvalue weighted by Crippen LogP contribution is 2.33. The number of oxime groups is 1. The molecular formula is C10H16N2O. The van der Waals surface area contributed by atoms with Gasteiger partial charge in [0.15, 0.2) is 5.60 Å². The van der Waals surface area contributed by atoms with Crippen molar-refractivity contribution in [3.8, 4) is 6.07 Å². The lowest BCUT2D eigenvalue weighted by molar-refractivity contribution is 0.000602. The van der Waals surface area contributed by atoms with Gasteiger partial charge in [-0.15, -0.1) is 0 Å². The minimum atomic E-state index is -0.392. The first-order valence-corrected chi connectivity index (χ1v) is 4.50.